The zero-order valence-corrected chi connectivity index (χ0v) is 15.4. The molecule has 130 valence electrons. The first-order valence-corrected chi connectivity index (χ1v) is 9.16. The van der Waals surface area contributed by atoms with Crippen molar-refractivity contribution >= 4 is 27.9 Å². The SMILES string of the molecule is CC1(C(=O)O)CCN(C(=O)NCC2(c3ccc(Br)cc3)CCC2)C1. The van der Waals surface area contributed by atoms with Crippen LogP contribution < -0.4 is 5.32 Å². The van der Waals surface area contributed by atoms with E-state index in [1.54, 1.807) is 11.8 Å². The number of carboxylic acid groups (broad SMARTS) is 1. The van der Waals surface area contributed by atoms with Gasteiger partial charge < -0.3 is 15.3 Å². The molecule has 0 spiro atoms. The van der Waals surface area contributed by atoms with Crippen molar-refractivity contribution in [3.05, 3.63) is 34.3 Å². The van der Waals surface area contributed by atoms with Gasteiger partial charge in [0.1, 0.15) is 0 Å². The third-order valence-corrected chi connectivity index (χ3v) is 6.15. The molecule has 1 unspecified atom stereocenters. The van der Waals surface area contributed by atoms with Crippen molar-refractivity contribution in [2.24, 2.45) is 5.41 Å². The number of likely N-dealkylation sites (tertiary alicyclic amines) is 1. The van der Waals surface area contributed by atoms with Crippen LogP contribution in [-0.4, -0.2) is 41.6 Å². The van der Waals surface area contributed by atoms with Crippen LogP contribution in [0.3, 0.4) is 0 Å². The van der Waals surface area contributed by atoms with Crippen LogP contribution in [-0.2, 0) is 10.2 Å². The smallest absolute Gasteiger partial charge is 0.317 e. The molecular formula is C18H23BrN2O3. The zero-order valence-electron chi connectivity index (χ0n) is 13.8. The lowest BCUT2D eigenvalue weighted by atomic mass is 9.64. The predicted octanol–water partition coefficient (Wildman–Crippen LogP) is 3.38. The van der Waals surface area contributed by atoms with Gasteiger partial charge in [-0.1, -0.05) is 34.5 Å². The summed E-state index contributed by atoms with van der Waals surface area (Å²) in [6.07, 6.45) is 3.82. The highest BCUT2D eigenvalue weighted by atomic mass is 79.9. The molecule has 5 nitrogen and oxygen atoms in total. The average Bonchev–Trinajstić information content (AvgIpc) is 2.92. The van der Waals surface area contributed by atoms with E-state index < -0.39 is 11.4 Å². The second-order valence-electron chi connectivity index (χ2n) is 7.34. The molecule has 2 N–H and O–H groups in total. The van der Waals surface area contributed by atoms with Gasteiger partial charge in [-0.15, -0.1) is 0 Å². The van der Waals surface area contributed by atoms with Crippen LogP contribution in [0.2, 0.25) is 0 Å². The molecule has 1 aliphatic carbocycles. The number of benzene rings is 1. The molecule has 1 saturated heterocycles. The summed E-state index contributed by atoms with van der Waals surface area (Å²) in [5.41, 5.74) is 0.456. The number of nitrogens with zero attached hydrogens (tertiary/aromatic N) is 1. The maximum Gasteiger partial charge on any atom is 0.317 e. The van der Waals surface area contributed by atoms with Crippen LogP contribution in [0, 0.1) is 5.41 Å². The summed E-state index contributed by atoms with van der Waals surface area (Å²) >= 11 is 3.46. The first-order valence-electron chi connectivity index (χ1n) is 8.37. The van der Waals surface area contributed by atoms with Crippen molar-refractivity contribution in [3.8, 4) is 0 Å². The van der Waals surface area contributed by atoms with Crippen molar-refractivity contribution < 1.29 is 14.7 Å². The van der Waals surface area contributed by atoms with Gasteiger partial charge in [-0.25, -0.2) is 4.79 Å². The van der Waals surface area contributed by atoms with E-state index in [4.69, 9.17) is 0 Å². The van der Waals surface area contributed by atoms with Crippen LogP contribution in [0.25, 0.3) is 0 Å². The molecular weight excluding hydrogens is 372 g/mol. The Balaban J connectivity index is 1.61. The van der Waals surface area contributed by atoms with E-state index in [1.165, 1.54) is 12.0 Å². The van der Waals surface area contributed by atoms with Crippen molar-refractivity contribution in [2.75, 3.05) is 19.6 Å². The lowest BCUT2D eigenvalue weighted by Gasteiger charge is -2.43. The van der Waals surface area contributed by atoms with Crippen molar-refractivity contribution in [3.63, 3.8) is 0 Å². The first kappa shape index (κ1) is 17.3. The summed E-state index contributed by atoms with van der Waals surface area (Å²) in [5, 5.41) is 12.3. The Bertz CT molecular complexity index is 642. The number of hydrogen-bond acceptors (Lipinski definition) is 2. The normalized spacial score (nSPS) is 25.2. The minimum absolute atomic E-state index is 0.0200. The fourth-order valence-corrected chi connectivity index (χ4v) is 3.90. The molecule has 1 heterocycles. The lowest BCUT2D eigenvalue weighted by Crippen LogP contribution is -2.49. The standard InChI is InChI=1S/C18H23BrN2O3/c1-17(15(22)23)9-10-21(12-17)16(24)20-11-18(7-2-8-18)13-3-5-14(19)6-4-13/h3-6H,2,7-12H2,1H3,(H,20,24)(H,22,23). The molecule has 1 aromatic rings. The van der Waals surface area contributed by atoms with Crippen molar-refractivity contribution in [2.45, 2.75) is 38.0 Å². The van der Waals surface area contributed by atoms with E-state index in [2.05, 4.69) is 33.4 Å². The predicted molar refractivity (Wildman–Crippen MR) is 95.0 cm³/mol. The number of hydrogen-bond donors (Lipinski definition) is 2. The number of urea groups is 1. The third kappa shape index (κ3) is 3.16. The Hall–Kier alpha value is -1.56. The highest BCUT2D eigenvalue weighted by Gasteiger charge is 2.43. The third-order valence-electron chi connectivity index (χ3n) is 5.62. The highest BCUT2D eigenvalue weighted by Crippen LogP contribution is 2.43. The topological polar surface area (TPSA) is 69.6 Å². The summed E-state index contributed by atoms with van der Waals surface area (Å²) in [6.45, 7) is 3.09. The molecule has 0 aromatic heterocycles. The molecule has 3 rings (SSSR count). The van der Waals surface area contributed by atoms with Crippen LogP contribution >= 0.6 is 15.9 Å². The van der Waals surface area contributed by atoms with Gasteiger partial charge in [0.2, 0.25) is 0 Å². The van der Waals surface area contributed by atoms with Gasteiger partial charge in [-0.3, -0.25) is 4.79 Å². The summed E-state index contributed by atoms with van der Waals surface area (Å²) in [7, 11) is 0. The Kier molecular flexibility index (Phi) is 4.60. The molecule has 0 radical (unpaired) electrons. The number of amides is 2. The quantitative estimate of drug-likeness (QED) is 0.821. The molecule has 2 amide bonds. The van der Waals surface area contributed by atoms with Gasteiger partial charge in [0.05, 0.1) is 5.41 Å². The fourth-order valence-electron chi connectivity index (χ4n) is 3.64. The minimum atomic E-state index is -0.830. The van der Waals surface area contributed by atoms with E-state index >= 15 is 0 Å². The van der Waals surface area contributed by atoms with E-state index in [1.807, 2.05) is 12.1 Å². The molecule has 2 fully saturated rings. The van der Waals surface area contributed by atoms with Crippen LogP contribution in [0.4, 0.5) is 4.79 Å². The van der Waals surface area contributed by atoms with Gasteiger partial charge in [-0.05, 0) is 43.9 Å². The lowest BCUT2D eigenvalue weighted by molar-refractivity contribution is -0.147. The summed E-state index contributed by atoms with van der Waals surface area (Å²) in [5.74, 6) is -0.830. The molecule has 6 heteroatoms. The second kappa shape index (κ2) is 6.39. The van der Waals surface area contributed by atoms with Gasteiger partial charge in [0.15, 0.2) is 0 Å². The monoisotopic (exact) mass is 394 g/mol. The summed E-state index contributed by atoms with van der Waals surface area (Å²) in [4.78, 5) is 25.4. The largest absolute Gasteiger partial charge is 0.481 e. The van der Waals surface area contributed by atoms with E-state index in [-0.39, 0.29) is 18.0 Å². The Morgan fingerprint density at radius 1 is 1.25 bits per heavy atom. The number of halogens is 1. The van der Waals surface area contributed by atoms with Gasteiger partial charge in [-0.2, -0.15) is 0 Å². The maximum atomic E-state index is 12.4. The number of nitrogens with one attached hydrogen (secondary N) is 1. The van der Waals surface area contributed by atoms with Gasteiger partial charge >= 0.3 is 12.0 Å². The van der Waals surface area contributed by atoms with E-state index in [9.17, 15) is 14.7 Å². The van der Waals surface area contributed by atoms with E-state index in [0.29, 0.717) is 19.5 Å². The molecule has 1 atom stereocenters. The Morgan fingerprint density at radius 2 is 1.92 bits per heavy atom. The van der Waals surface area contributed by atoms with Crippen molar-refractivity contribution in [1.82, 2.24) is 10.2 Å². The average molecular weight is 395 g/mol. The Labute approximate surface area is 150 Å². The summed E-state index contributed by atoms with van der Waals surface area (Å²) < 4.78 is 1.05. The number of aliphatic carboxylic acids is 1. The van der Waals surface area contributed by atoms with Crippen molar-refractivity contribution in [1.29, 1.82) is 0 Å². The molecule has 1 aliphatic heterocycles. The summed E-state index contributed by atoms with van der Waals surface area (Å²) in [6, 6.07) is 8.16. The number of carbonyl (C=O) groups excluding carboxylic acids is 1. The molecule has 24 heavy (non-hydrogen) atoms. The number of carboxylic acids is 1. The van der Waals surface area contributed by atoms with Gasteiger partial charge in [0, 0.05) is 29.5 Å². The van der Waals surface area contributed by atoms with Gasteiger partial charge in [0.25, 0.3) is 0 Å². The Morgan fingerprint density at radius 3 is 2.42 bits per heavy atom. The fraction of sp³-hybridized carbons (Fsp3) is 0.556. The number of carbonyl (C=O) groups is 2. The second-order valence-corrected chi connectivity index (χ2v) is 8.25. The molecule has 1 aromatic carbocycles. The first-order chi connectivity index (χ1) is 11.3. The molecule has 2 aliphatic rings. The van der Waals surface area contributed by atoms with Crippen LogP contribution in [0.1, 0.15) is 38.2 Å². The zero-order chi connectivity index (χ0) is 17.4. The molecule has 0 bridgehead atoms. The molecule has 1 saturated carbocycles. The highest BCUT2D eigenvalue weighted by molar-refractivity contribution is 9.10. The van der Waals surface area contributed by atoms with Crippen LogP contribution in [0.15, 0.2) is 28.7 Å². The minimum Gasteiger partial charge on any atom is -0.481 e. The number of rotatable bonds is 4. The van der Waals surface area contributed by atoms with E-state index in [0.717, 1.165) is 17.3 Å². The van der Waals surface area contributed by atoms with Crippen LogP contribution in [0.5, 0.6) is 0 Å². The maximum absolute atomic E-state index is 12.4.